The summed E-state index contributed by atoms with van der Waals surface area (Å²) in [5.74, 6) is 0.435. The third kappa shape index (κ3) is 4.20. The maximum atomic E-state index is 12.4. The zero-order valence-electron chi connectivity index (χ0n) is 18.7. The number of hydrogen-bond donors (Lipinski definition) is 1. The summed E-state index contributed by atoms with van der Waals surface area (Å²) in [6, 6.07) is 31.9. The molecule has 0 spiro atoms. The molecule has 5 rings (SSSR count). The molecule has 0 atom stereocenters. The van der Waals surface area contributed by atoms with Gasteiger partial charge in [0.2, 0.25) is 0 Å². The number of rotatable bonds is 6. The van der Waals surface area contributed by atoms with Gasteiger partial charge in [-0.05, 0) is 41.5 Å². The minimum absolute atomic E-state index is 0.0698. The second kappa shape index (κ2) is 8.47. The molecule has 0 fully saturated rings. The molecule has 0 saturated heterocycles. The normalized spacial score (nSPS) is 11.6. The van der Waals surface area contributed by atoms with E-state index in [4.69, 9.17) is 9.15 Å². The van der Waals surface area contributed by atoms with Crippen molar-refractivity contribution in [3.8, 4) is 5.75 Å². The van der Waals surface area contributed by atoms with Crippen LogP contribution in [-0.2, 0) is 10.2 Å². The van der Waals surface area contributed by atoms with Crippen LogP contribution in [0.25, 0.3) is 21.9 Å². The largest absolute Gasteiger partial charge is 0.484 e. The van der Waals surface area contributed by atoms with Gasteiger partial charge in [0.25, 0.3) is 5.91 Å². The van der Waals surface area contributed by atoms with Crippen LogP contribution in [-0.4, -0.2) is 12.5 Å². The number of hydrogen-bond acceptors (Lipinski definition) is 3. The molecule has 0 bridgehead atoms. The Morgan fingerprint density at radius 3 is 2.24 bits per heavy atom. The molecule has 33 heavy (non-hydrogen) atoms. The molecule has 0 saturated carbocycles. The van der Waals surface area contributed by atoms with Crippen molar-refractivity contribution >= 4 is 33.5 Å². The molecular formula is C29H25NO3. The Balaban J connectivity index is 1.22. The molecule has 0 aliphatic heterocycles. The van der Waals surface area contributed by atoms with Crippen molar-refractivity contribution in [3.63, 3.8) is 0 Å². The molecular weight excluding hydrogens is 410 g/mol. The first-order valence-corrected chi connectivity index (χ1v) is 11.0. The Bertz CT molecular complexity index is 1420. The van der Waals surface area contributed by atoms with Crippen molar-refractivity contribution in [2.75, 3.05) is 11.9 Å². The average Bonchev–Trinajstić information content (AvgIpc) is 3.21. The third-order valence-corrected chi connectivity index (χ3v) is 6.10. The average molecular weight is 436 g/mol. The molecule has 0 aliphatic carbocycles. The van der Waals surface area contributed by atoms with E-state index in [1.165, 1.54) is 11.1 Å². The lowest BCUT2D eigenvalue weighted by molar-refractivity contribution is -0.118. The monoisotopic (exact) mass is 435 g/mol. The van der Waals surface area contributed by atoms with Crippen molar-refractivity contribution in [1.82, 2.24) is 0 Å². The van der Waals surface area contributed by atoms with Crippen LogP contribution in [0.15, 0.2) is 101 Å². The van der Waals surface area contributed by atoms with Crippen LogP contribution in [0.1, 0.15) is 25.0 Å². The zero-order valence-corrected chi connectivity index (χ0v) is 18.7. The van der Waals surface area contributed by atoms with Crippen LogP contribution in [0.5, 0.6) is 5.75 Å². The molecule has 1 aromatic heterocycles. The van der Waals surface area contributed by atoms with Gasteiger partial charge in [-0.2, -0.15) is 0 Å². The highest BCUT2D eigenvalue weighted by molar-refractivity contribution is 6.06. The van der Waals surface area contributed by atoms with Gasteiger partial charge < -0.3 is 14.5 Å². The van der Waals surface area contributed by atoms with Gasteiger partial charge >= 0.3 is 0 Å². The zero-order chi connectivity index (χ0) is 22.8. The lowest BCUT2D eigenvalue weighted by Crippen LogP contribution is -2.20. The van der Waals surface area contributed by atoms with E-state index in [-0.39, 0.29) is 17.9 Å². The molecule has 164 valence electrons. The predicted molar refractivity (Wildman–Crippen MR) is 133 cm³/mol. The van der Waals surface area contributed by atoms with Gasteiger partial charge in [-0.25, -0.2) is 0 Å². The number of para-hydroxylation sites is 1. The minimum atomic E-state index is -0.223. The van der Waals surface area contributed by atoms with E-state index in [1.807, 2.05) is 60.7 Å². The predicted octanol–water partition coefficient (Wildman–Crippen LogP) is 6.93. The summed E-state index contributed by atoms with van der Waals surface area (Å²) in [7, 11) is 0. The van der Waals surface area contributed by atoms with E-state index >= 15 is 0 Å². The third-order valence-electron chi connectivity index (χ3n) is 6.10. The fraction of sp³-hybridized carbons (Fsp3) is 0.138. The minimum Gasteiger partial charge on any atom is -0.484 e. The van der Waals surface area contributed by atoms with Gasteiger partial charge in [0.15, 0.2) is 6.61 Å². The van der Waals surface area contributed by atoms with Crippen molar-refractivity contribution < 1.29 is 13.9 Å². The second-order valence-corrected chi connectivity index (χ2v) is 8.66. The van der Waals surface area contributed by atoms with Crippen molar-refractivity contribution in [2.24, 2.45) is 0 Å². The Morgan fingerprint density at radius 2 is 1.45 bits per heavy atom. The molecule has 4 heteroatoms. The van der Waals surface area contributed by atoms with E-state index in [0.29, 0.717) is 11.4 Å². The number of ether oxygens (including phenoxy) is 1. The fourth-order valence-corrected chi connectivity index (χ4v) is 4.14. The van der Waals surface area contributed by atoms with Crippen LogP contribution in [0.4, 0.5) is 5.69 Å². The van der Waals surface area contributed by atoms with Gasteiger partial charge in [0.05, 0.1) is 0 Å². The highest BCUT2D eigenvalue weighted by Crippen LogP contribution is 2.32. The second-order valence-electron chi connectivity index (χ2n) is 8.66. The Labute approximate surface area is 192 Å². The highest BCUT2D eigenvalue weighted by atomic mass is 16.5. The molecule has 4 aromatic carbocycles. The van der Waals surface area contributed by atoms with Gasteiger partial charge in [-0.15, -0.1) is 0 Å². The van der Waals surface area contributed by atoms with Gasteiger partial charge in [-0.1, -0.05) is 74.5 Å². The molecule has 4 nitrogen and oxygen atoms in total. The quantitative estimate of drug-likeness (QED) is 0.315. The van der Waals surface area contributed by atoms with E-state index in [2.05, 4.69) is 55.6 Å². The summed E-state index contributed by atoms with van der Waals surface area (Å²) in [5, 5.41) is 4.97. The maximum Gasteiger partial charge on any atom is 0.262 e. The first-order valence-electron chi connectivity index (χ1n) is 11.0. The molecule has 0 aliphatic rings. The first-order chi connectivity index (χ1) is 16.0. The lowest BCUT2D eigenvalue weighted by Gasteiger charge is -2.26. The fourth-order valence-electron chi connectivity index (χ4n) is 4.14. The summed E-state index contributed by atoms with van der Waals surface area (Å²) in [6.45, 7) is 4.33. The molecule has 0 unspecified atom stereocenters. The topological polar surface area (TPSA) is 51.5 Å². The summed E-state index contributed by atoms with van der Waals surface area (Å²) in [5.41, 5.74) is 4.57. The molecule has 1 amide bonds. The summed E-state index contributed by atoms with van der Waals surface area (Å²) in [6.07, 6.45) is 0. The van der Waals surface area contributed by atoms with E-state index in [9.17, 15) is 4.79 Å². The maximum absolute atomic E-state index is 12.4. The number of carbonyl (C=O) groups is 1. The number of carbonyl (C=O) groups excluding carboxylic acids is 1. The number of furan rings is 1. The van der Waals surface area contributed by atoms with Gasteiger partial charge in [0, 0.05) is 27.9 Å². The van der Waals surface area contributed by atoms with Crippen LogP contribution in [0.2, 0.25) is 0 Å². The Hall–Kier alpha value is -4.05. The molecule has 5 aromatic rings. The van der Waals surface area contributed by atoms with Crippen LogP contribution in [0.3, 0.4) is 0 Å². The summed E-state index contributed by atoms with van der Waals surface area (Å²) in [4.78, 5) is 12.4. The Kier molecular flexibility index (Phi) is 5.35. The molecule has 1 N–H and O–H groups in total. The van der Waals surface area contributed by atoms with Gasteiger partial charge in [-0.3, -0.25) is 4.79 Å². The van der Waals surface area contributed by atoms with Crippen LogP contribution >= 0.6 is 0 Å². The van der Waals surface area contributed by atoms with Crippen LogP contribution in [0, 0.1) is 0 Å². The Morgan fingerprint density at radius 1 is 0.788 bits per heavy atom. The van der Waals surface area contributed by atoms with Crippen molar-refractivity contribution in [1.29, 1.82) is 0 Å². The van der Waals surface area contributed by atoms with Gasteiger partial charge in [0.1, 0.15) is 16.9 Å². The standard InChI is InChI=1S/C29H25NO3/c1-29(2,20-8-4-3-5-9-20)21-12-15-23(16-13-21)32-19-28(31)30-22-14-17-25-24-10-6-7-11-26(24)33-27(25)18-22/h3-18H,19H2,1-2H3,(H,30,31). The SMILES string of the molecule is CC(C)(c1ccccc1)c1ccc(OCC(=O)Nc2ccc3c(c2)oc2ccccc23)cc1. The van der Waals surface area contributed by atoms with Crippen LogP contribution < -0.4 is 10.1 Å². The van der Waals surface area contributed by atoms with E-state index in [0.717, 1.165) is 21.9 Å². The highest BCUT2D eigenvalue weighted by Gasteiger charge is 2.22. The number of anilines is 1. The van der Waals surface area contributed by atoms with Crippen molar-refractivity contribution in [2.45, 2.75) is 19.3 Å². The first kappa shape index (κ1) is 20.8. The summed E-state index contributed by atoms with van der Waals surface area (Å²) < 4.78 is 11.6. The molecule has 0 radical (unpaired) electrons. The number of amides is 1. The lowest BCUT2D eigenvalue weighted by atomic mass is 9.78. The summed E-state index contributed by atoms with van der Waals surface area (Å²) >= 11 is 0. The van der Waals surface area contributed by atoms with E-state index in [1.54, 1.807) is 0 Å². The number of fused-ring (bicyclic) bond motifs is 3. The van der Waals surface area contributed by atoms with Crippen molar-refractivity contribution in [3.05, 3.63) is 108 Å². The number of benzene rings is 4. The van der Waals surface area contributed by atoms with E-state index < -0.39 is 0 Å². The molecule has 1 heterocycles. The smallest absolute Gasteiger partial charge is 0.262 e. The number of nitrogens with one attached hydrogen (secondary N) is 1.